The molecule has 1 aliphatic heterocycles. The molecule has 1 saturated heterocycles. The summed E-state index contributed by atoms with van der Waals surface area (Å²) in [6.07, 6.45) is 3.39. The Morgan fingerprint density at radius 3 is 2.46 bits per heavy atom. The fraction of sp³-hybridized carbons (Fsp3) is 0.226. The van der Waals surface area contributed by atoms with E-state index < -0.39 is 13.3 Å². The van der Waals surface area contributed by atoms with Crippen molar-refractivity contribution in [2.24, 2.45) is 5.92 Å². The zero-order valence-corrected chi connectivity index (χ0v) is 24.8. The molecule has 210 valence electrons. The van der Waals surface area contributed by atoms with Crippen LogP contribution in [0.2, 0.25) is 5.02 Å². The highest BCUT2D eigenvalue weighted by molar-refractivity contribution is 7.72. The van der Waals surface area contributed by atoms with Crippen molar-refractivity contribution in [1.29, 1.82) is 0 Å². The first-order valence-corrected chi connectivity index (χ1v) is 16.6. The minimum Gasteiger partial charge on any atom is -0.477 e. The van der Waals surface area contributed by atoms with Crippen molar-refractivity contribution in [3.8, 4) is 21.8 Å². The number of carboxylic acid groups (broad SMARTS) is 1. The minimum atomic E-state index is -3.21. The Kier molecular flexibility index (Phi) is 7.75. The number of halogens is 1. The molecule has 2 aromatic carbocycles. The van der Waals surface area contributed by atoms with Gasteiger partial charge in [0.05, 0.1) is 5.69 Å². The summed E-state index contributed by atoms with van der Waals surface area (Å²) in [5, 5.41) is 11.4. The lowest BCUT2D eigenvalue weighted by molar-refractivity contribution is 0.0685. The van der Waals surface area contributed by atoms with Gasteiger partial charge >= 0.3 is 5.97 Å². The van der Waals surface area contributed by atoms with Gasteiger partial charge in [-0.3, -0.25) is 9.55 Å². The Balaban J connectivity index is 1.38. The van der Waals surface area contributed by atoms with Crippen molar-refractivity contribution in [1.82, 2.24) is 4.98 Å². The van der Waals surface area contributed by atoms with Crippen LogP contribution >= 0.6 is 30.2 Å². The molecule has 0 radical (unpaired) electrons. The van der Waals surface area contributed by atoms with Crippen LogP contribution in [0, 0.1) is 5.92 Å². The second kappa shape index (κ2) is 11.5. The highest BCUT2D eigenvalue weighted by Crippen LogP contribution is 2.52. The minimum absolute atomic E-state index is 0.163. The highest BCUT2D eigenvalue weighted by atomic mass is 35.5. The molecule has 1 unspecified atom stereocenters. The third-order valence-corrected chi connectivity index (χ3v) is 11.4. The first kappa shape index (κ1) is 27.7. The van der Waals surface area contributed by atoms with Crippen molar-refractivity contribution < 1.29 is 23.6 Å². The molecule has 7 nitrogen and oxygen atoms in total. The molecule has 0 bridgehead atoms. The molecule has 10 heteroatoms. The van der Waals surface area contributed by atoms with Gasteiger partial charge in [-0.2, -0.15) is 0 Å². The summed E-state index contributed by atoms with van der Waals surface area (Å²) in [6.45, 7) is 3.45. The number of fused-ring (bicyclic) bond motifs is 1. The van der Waals surface area contributed by atoms with Gasteiger partial charge in [0.2, 0.25) is 0 Å². The fourth-order valence-electron chi connectivity index (χ4n) is 5.17. The maximum atomic E-state index is 14.5. The average Bonchev–Trinajstić information content (AvgIpc) is 3.62. The number of carboxylic acids is 1. The van der Waals surface area contributed by atoms with Crippen molar-refractivity contribution in [2.75, 3.05) is 31.1 Å². The van der Waals surface area contributed by atoms with Gasteiger partial charge in [-0.25, -0.2) is 4.79 Å². The Morgan fingerprint density at radius 1 is 1.07 bits per heavy atom. The van der Waals surface area contributed by atoms with E-state index in [1.165, 1.54) is 11.3 Å². The Hall–Kier alpha value is -3.42. The molecule has 41 heavy (non-hydrogen) atoms. The third kappa shape index (κ3) is 5.70. The van der Waals surface area contributed by atoms with Crippen LogP contribution in [0.1, 0.15) is 22.5 Å². The van der Waals surface area contributed by atoms with Crippen molar-refractivity contribution in [3.05, 3.63) is 88.9 Å². The lowest BCUT2D eigenvalue weighted by Gasteiger charge is -2.35. The van der Waals surface area contributed by atoms with Crippen LogP contribution < -0.4 is 9.97 Å². The lowest BCUT2D eigenvalue weighted by atomic mass is 10.0. The summed E-state index contributed by atoms with van der Waals surface area (Å²) in [6, 6.07) is 22.2. The molecule has 1 atom stereocenters. The Labute approximate surface area is 246 Å². The molecule has 6 rings (SSSR count). The monoisotopic (exact) mass is 606 g/mol. The zero-order valence-electron chi connectivity index (χ0n) is 22.3. The van der Waals surface area contributed by atoms with E-state index in [4.69, 9.17) is 20.8 Å². The summed E-state index contributed by atoms with van der Waals surface area (Å²) in [4.78, 5) is 17.8. The van der Waals surface area contributed by atoms with Gasteiger partial charge in [-0.15, -0.1) is 11.3 Å². The predicted octanol–water partition coefficient (Wildman–Crippen LogP) is 8.04. The van der Waals surface area contributed by atoms with Gasteiger partial charge in [0.25, 0.3) is 0 Å². The van der Waals surface area contributed by atoms with Gasteiger partial charge in [0.1, 0.15) is 16.2 Å². The SMILES string of the molecule is CP(=O)(c1ccc(Cl)cc1)N(CC1CCOCC1)c1cc(-c2ccc(-c3cc4ncccc4o3)cc2)sc1C(=O)O. The Bertz CT molecular complexity index is 1710. The second-order valence-electron chi connectivity index (χ2n) is 10.2. The molecule has 0 aliphatic carbocycles. The number of hydrogen-bond acceptors (Lipinski definition) is 6. The summed E-state index contributed by atoms with van der Waals surface area (Å²) < 4.78 is 27.9. The molecular weight excluding hydrogens is 579 g/mol. The van der Waals surface area contributed by atoms with Crippen LogP contribution in [0.25, 0.3) is 32.9 Å². The van der Waals surface area contributed by atoms with E-state index in [-0.39, 0.29) is 10.8 Å². The van der Waals surface area contributed by atoms with E-state index in [0.29, 0.717) is 41.5 Å². The maximum Gasteiger partial charge on any atom is 0.348 e. The van der Waals surface area contributed by atoms with Crippen LogP contribution in [0.5, 0.6) is 0 Å². The van der Waals surface area contributed by atoms with Gasteiger partial charge in [0.15, 0.2) is 12.9 Å². The summed E-state index contributed by atoms with van der Waals surface area (Å²) >= 11 is 7.31. The third-order valence-electron chi connectivity index (χ3n) is 7.46. The molecule has 0 amide bonds. The lowest BCUT2D eigenvalue weighted by Crippen LogP contribution is -2.33. The molecule has 1 fully saturated rings. The summed E-state index contributed by atoms with van der Waals surface area (Å²) in [7, 11) is -3.21. The van der Waals surface area contributed by atoms with E-state index >= 15 is 0 Å². The van der Waals surface area contributed by atoms with Crippen molar-refractivity contribution in [2.45, 2.75) is 12.8 Å². The number of hydrogen-bond donors (Lipinski definition) is 1. The molecule has 5 aromatic rings. The molecule has 1 aliphatic rings. The average molecular weight is 607 g/mol. The van der Waals surface area contributed by atoms with E-state index in [0.717, 1.165) is 39.9 Å². The first-order valence-electron chi connectivity index (χ1n) is 13.3. The topological polar surface area (TPSA) is 92.9 Å². The highest BCUT2D eigenvalue weighted by Gasteiger charge is 2.34. The van der Waals surface area contributed by atoms with Gasteiger partial charge in [0, 0.05) is 59.5 Å². The molecule has 1 N–H and O–H groups in total. The molecule has 4 heterocycles. The van der Waals surface area contributed by atoms with Crippen LogP contribution in [-0.2, 0) is 9.30 Å². The molecule has 0 spiro atoms. The number of aromatic nitrogens is 1. The quantitative estimate of drug-likeness (QED) is 0.179. The largest absolute Gasteiger partial charge is 0.477 e. The summed E-state index contributed by atoms with van der Waals surface area (Å²) in [5.41, 5.74) is 3.73. The number of aromatic carboxylic acids is 1. The van der Waals surface area contributed by atoms with E-state index in [2.05, 4.69) is 4.98 Å². The number of rotatable bonds is 8. The van der Waals surface area contributed by atoms with Crippen LogP contribution in [0.3, 0.4) is 0 Å². The summed E-state index contributed by atoms with van der Waals surface area (Å²) in [5.74, 6) is -0.108. The van der Waals surface area contributed by atoms with Crippen LogP contribution in [0.15, 0.2) is 83.4 Å². The second-order valence-corrected chi connectivity index (χ2v) is 14.4. The molecule has 3 aromatic heterocycles. The van der Waals surface area contributed by atoms with Crippen molar-refractivity contribution >= 4 is 58.3 Å². The smallest absolute Gasteiger partial charge is 0.348 e. The van der Waals surface area contributed by atoms with E-state index in [1.807, 2.05) is 53.2 Å². The van der Waals surface area contributed by atoms with Gasteiger partial charge < -0.3 is 18.9 Å². The molecule has 0 saturated carbocycles. The number of pyridine rings is 1. The normalized spacial score (nSPS) is 15.6. The number of ether oxygens (including phenoxy) is 1. The van der Waals surface area contributed by atoms with E-state index in [1.54, 1.807) is 37.1 Å². The fourth-order valence-corrected chi connectivity index (χ4v) is 8.46. The first-order chi connectivity index (χ1) is 19.8. The number of carbonyl (C=O) groups is 1. The standard InChI is InChI=1S/C31H28ClN2O5PS/c1-40(37,24-10-8-23(32)9-11-24)34(19-20-12-15-38-16-13-20)26-18-29(41-30(26)31(35)36)22-6-4-21(5-7-22)28-17-25-27(39-28)3-2-14-33-25/h2-11,14,17-18,20H,12-13,15-16,19H2,1H3,(H,35,36). The van der Waals surface area contributed by atoms with Crippen LogP contribution in [0.4, 0.5) is 5.69 Å². The van der Waals surface area contributed by atoms with E-state index in [9.17, 15) is 14.5 Å². The Morgan fingerprint density at radius 2 is 1.78 bits per heavy atom. The van der Waals surface area contributed by atoms with Gasteiger partial charge in [-0.1, -0.05) is 35.9 Å². The molecular formula is C31H28ClN2O5PS. The van der Waals surface area contributed by atoms with Crippen molar-refractivity contribution in [3.63, 3.8) is 0 Å². The number of thiophene rings is 1. The zero-order chi connectivity index (χ0) is 28.6. The van der Waals surface area contributed by atoms with Gasteiger partial charge in [-0.05, 0) is 66.8 Å². The maximum absolute atomic E-state index is 14.5. The predicted molar refractivity (Wildman–Crippen MR) is 165 cm³/mol. The van der Waals surface area contributed by atoms with Crippen LogP contribution in [-0.4, -0.2) is 42.5 Å². The number of anilines is 1. The number of benzene rings is 2. The number of furan rings is 1. The number of nitrogens with zero attached hydrogens (tertiary/aromatic N) is 2.